The Labute approximate surface area is 112 Å². The normalized spacial score (nSPS) is 10.8. The van der Waals surface area contributed by atoms with Crippen LogP contribution in [0.2, 0.25) is 0 Å². The van der Waals surface area contributed by atoms with Crippen molar-refractivity contribution < 1.29 is 4.79 Å². The van der Waals surface area contributed by atoms with Crippen molar-refractivity contribution in [2.75, 3.05) is 7.05 Å². The van der Waals surface area contributed by atoms with E-state index in [4.69, 9.17) is 0 Å². The van der Waals surface area contributed by atoms with E-state index in [0.29, 0.717) is 12.4 Å². The maximum atomic E-state index is 11.9. The summed E-state index contributed by atoms with van der Waals surface area (Å²) in [6, 6.07) is 7.99. The van der Waals surface area contributed by atoms with Gasteiger partial charge in [-0.15, -0.1) is 0 Å². The monoisotopic (exact) mass is 256 g/mol. The zero-order valence-electron chi connectivity index (χ0n) is 11.0. The number of hydrogen-bond acceptors (Lipinski definition) is 3. The second kappa shape index (κ2) is 5.95. The van der Waals surface area contributed by atoms with E-state index in [1.54, 1.807) is 18.0 Å². The molecule has 5 nitrogen and oxygen atoms in total. The minimum Gasteiger partial charge on any atom is -0.335 e. The number of aromatic amines is 1. The molecule has 5 heteroatoms. The lowest BCUT2D eigenvalue weighted by molar-refractivity contribution is -0.125. The molecule has 1 heterocycles. The zero-order chi connectivity index (χ0) is 13.7. The Morgan fingerprint density at radius 3 is 3.00 bits per heavy atom. The van der Waals surface area contributed by atoms with Crippen LogP contribution in [0.1, 0.15) is 17.0 Å². The number of carbonyl (C=O) groups excluding carboxylic acids is 1. The van der Waals surface area contributed by atoms with Crippen molar-refractivity contribution in [1.82, 2.24) is 20.1 Å². The second-order valence-electron chi connectivity index (χ2n) is 4.37. The standard InChI is InChI=1S/C14H16N4O/c1-11-4-3-5-12(8-11)6-7-14(19)18(2)9-13-15-10-16-17-13/h3-8,10H,9H2,1-2H3,(H,15,16,17). The van der Waals surface area contributed by atoms with Crippen LogP contribution in [0.25, 0.3) is 6.08 Å². The van der Waals surface area contributed by atoms with E-state index in [1.807, 2.05) is 37.3 Å². The predicted molar refractivity (Wildman–Crippen MR) is 73.1 cm³/mol. The van der Waals surface area contributed by atoms with E-state index >= 15 is 0 Å². The topological polar surface area (TPSA) is 61.9 Å². The average Bonchev–Trinajstić information content (AvgIpc) is 2.89. The van der Waals surface area contributed by atoms with Crippen molar-refractivity contribution in [2.45, 2.75) is 13.5 Å². The van der Waals surface area contributed by atoms with Gasteiger partial charge in [0.25, 0.3) is 0 Å². The number of amides is 1. The Morgan fingerprint density at radius 2 is 2.32 bits per heavy atom. The van der Waals surface area contributed by atoms with Gasteiger partial charge in [-0.3, -0.25) is 9.89 Å². The molecule has 0 saturated heterocycles. The Bertz CT molecular complexity index is 575. The van der Waals surface area contributed by atoms with Crippen LogP contribution in [0.5, 0.6) is 0 Å². The molecule has 1 N–H and O–H groups in total. The van der Waals surface area contributed by atoms with Gasteiger partial charge in [-0.05, 0) is 18.6 Å². The van der Waals surface area contributed by atoms with Gasteiger partial charge in [0, 0.05) is 13.1 Å². The molecule has 0 fully saturated rings. The lowest BCUT2D eigenvalue weighted by atomic mass is 10.1. The minimum absolute atomic E-state index is 0.0714. The molecule has 0 aliphatic heterocycles. The summed E-state index contributed by atoms with van der Waals surface area (Å²) in [6.45, 7) is 2.44. The van der Waals surface area contributed by atoms with Gasteiger partial charge in [0.15, 0.2) is 0 Å². The van der Waals surface area contributed by atoms with E-state index in [9.17, 15) is 4.79 Å². The van der Waals surface area contributed by atoms with Gasteiger partial charge in [-0.1, -0.05) is 29.8 Å². The Kier molecular flexibility index (Phi) is 4.07. The van der Waals surface area contributed by atoms with Gasteiger partial charge >= 0.3 is 0 Å². The smallest absolute Gasteiger partial charge is 0.246 e. The molecule has 0 aliphatic carbocycles. The number of nitrogens with zero attached hydrogens (tertiary/aromatic N) is 3. The first kappa shape index (κ1) is 13.0. The quantitative estimate of drug-likeness (QED) is 0.848. The molecule has 19 heavy (non-hydrogen) atoms. The SMILES string of the molecule is Cc1cccc(C=CC(=O)N(C)Cc2ncn[nH]2)c1. The van der Waals surface area contributed by atoms with Crippen molar-refractivity contribution >= 4 is 12.0 Å². The van der Waals surface area contributed by atoms with Crippen LogP contribution >= 0.6 is 0 Å². The van der Waals surface area contributed by atoms with E-state index in [-0.39, 0.29) is 5.91 Å². The Hall–Kier alpha value is -2.43. The van der Waals surface area contributed by atoms with Crippen LogP contribution < -0.4 is 0 Å². The molecule has 0 spiro atoms. The van der Waals surface area contributed by atoms with Crippen molar-refractivity contribution in [3.63, 3.8) is 0 Å². The molecule has 0 radical (unpaired) electrons. The van der Waals surface area contributed by atoms with Crippen molar-refractivity contribution in [3.8, 4) is 0 Å². The second-order valence-corrected chi connectivity index (χ2v) is 4.37. The first-order valence-corrected chi connectivity index (χ1v) is 5.99. The molecular weight excluding hydrogens is 240 g/mol. The van der Waals surface area contributed by atoms with E-state index in [0.717, 1.165) is 5.56 Å². The number of carbonyl (C=O) groups is 1. The summed E-state index contributed by atoms with van der Waals surface area (Å²) in [7, 11) is 1.73. The highest BCUT2D eigenvalue weighted by Gasteiger charge is 2.07. The highest BCUT2D eigenvalue weighted by atomic mass is 16.2. The first-order valence-electron chi connectivity index (χ1n) is 5.99. The van der Waals surface area contributed by atoms with Crippen LogP contribution in [0, 0.1) is 6.92 Å². The molecule has 0 aliphatic rings. The molecule has 0 atom stereocenters. The molecule has 1 amide bonds. The van der Waals surface area contributed by atoms with Crippen LogP contribution in [-0.4, -0.2) is 33.0 Å². The van der Waals surface area contributed by atoms with Gasteiger partial charge in [-0.25, -0.2) is 4.98 Å². The zero-order valence-corrected chi connectivity index (χ0v) is 11.0. The summed E-state index contributed by atoms with van der Waals surface area (Å²) in [5.41, 5.74) is 2.19. The van der Waals surface area contributed by atoms with Crippen LogP contribution in [0.15, 0.2) is 36.7 Å². The van der Waals surface area contributed by atoms with Gasteiger partial charge < -0.3 is 4.90 Å². The molecule has 2 aromatic rings. The average molecular weight is 256 g/mol. The molecule has 0 unspecified atom stereocenters. The van der Waals surface area contributed by atoms with Crippen molar-refractivity contribution in [3.05, 3.63) is 53.6 Å². The molecule has 0 bridgehead atoms. The van der Waals surface area contributed by atoms with E-state index < -0.39 is 0 Å². The van der Waals surface area contributed by atoms with E-state index in [1.165, 1.54) is 11.9 Å². The maximum Gasteiger partial charge on any atom is 0.246 e. The molecule has 2 rings (SSSR count). The number of aryl methyl sites for hydroxylation is 1. The van der Waals surface area contributed by atoms with Gasteiger partial charge in [0.05, 0.1) is 6.54 Å². The van der Waals surface area contributed by atoms with Gasteiger partial charge in [-0.2, -0.15) is 5.10 Å². The van der Waals surface area contributed by atoms with Crippen LogP contribution in [-0.2, 0) is 11.3 Å². The summed E-state index contributed by atoms with van der Waals surface area (Å²) in [5.74, 6) is 0.595. The minimum atomic E-state index is -0.0714. The number of aromatic nitrogens is 3. The van der Waals surface area contributed by atoms with Gasteiger partial charge in [0.1, 0.15) is 12.2 Å². The third-order valence-corrected chi connectivity index (χ3v) is 2.69. The lowest BCUT2D eigenvalue weighted by Gasteiger charge is -2.12. The third kappa shape index (κ3) is 3.77. The number of nitrogens with one attached hydrogen (secondary N) is 1. The summed E-state index contributed by atoms with van der Waals surface area (Å²) in [6.07, 6.45) is 4.80. The summed E-state index contributed by atoms with van der Waals surface area (Å²) in [4.78, 5) is 17.5. The van der Waals surface area contributed by atoms with Crippen molar-refractivity contribution in [1.29, 1.82) is 0 Å². The maximum absolute atomic E-state index is 11.9. The predicted octanol–water partition coefficient (Wildman–Crippen LogP) is 1.78. The molecule has 0 saturated carbocycles. The lowest BCUT2D eigenvalue weighted by Crippen LogP contribution is -2.24. The van der Waals surface area contributed by atoms with Crippen LogP contribution in [0.4, 0.5) is 0 Å². The highest BCUT2D eigenvalue weighted by molar-refractivity contribution is 5.91. The number of rotatable bonds is 4. The van der Waals surface area contributed by atoms with Crippen LogP contribution in [0.3, 0.4) is 0 Å². The van der Waals surface area contributed by atoms with Crippen molar-refractivity contribution in [2.24, 2.45) is 0 Å². The fraction of sp³-hybridized carbons (Fsp3) is 0.214. The number of likely N-dealkylation sites (N-methyl/N-ethyl adjacent to an activating group) is 1. The summed E-state index contributed by atoms with van der Waals surface area (Å²) < 4.78 is 0. The Morgan fingerprint density at radius 1 is 1.47 bits per heavy atom. The fourth-order valence-electron chi connectivity index (χ4n) is 1.68. The van der Waals surface area contributed by atoms with E-state index in [2.05, 4.69) is 15.2 Å². The van der Waals surface area contributed by atoms with Gasteiger partial charge in [0.2, 0.25) is 5.91 Å². The molecular formula is C14H16N4O. The molecule has 1 aromatic heterocycles. The fourth-order valence-corrected chi connectivity index (χ4v) is 1.68. The summed E-state index contributed by atoms with van der Waals surface area (Å²) in [5, 5.41) is 6.47. The Balaban J connectivity index is 1.96. The molecule has 1 aromatic carbocycles. The molecule has 98 valence electrons. The first-order chi connectivity index (χ1) is 9.15. The number of H-pyrrole nitrogens is 1. The third-order valence-electron chi connectivity index (χ3n) is 2.69. The number of benzene rings is 1. The summed E-state index contributed by atoms with van der Waals surface area (Å²) >= 11 is 0. The number of hydrogen-bond donors (Lipinski definition) is 1. The largest absolute Gasteiger partial charge is 0.335 e. The highest BCUT2D eigenvalue weighted by Crippen LogP contribution is 2.06.